The predicted octanol–water partition coefficient (Wildman–Crippen LogP) is 3.90. The van der Waals surface area contributed by atoms with Crippen molar-refractivity contribution in [1.29, 1.82) is 0 Å². The van der Waals surface area contributed by atoms with Gasteiger partial charge in [-0.3, -0.25) is 4.99 Å². The molecule has 3 nitrogen and oxygen atoms in total. The number of hydrogen-bond acceptors (Lipinski definition) is 3. The Balaban J connectivity index is 2.13. The molecule has 0 fully saturated rings. The smallest absolute Gasteiger partial charge is 0.229 e. The number of furan rings is 1. The number of nitrogens with zero attached hydrogens (tertiary/aromatic N) is 1. The van der Waals surface area contributed by atoms with Crippen molar-refractivity contribution in [3.05, 3.63) is 47.9 Å². The topological polar surface area (TPSA) is 34.7 Å². The van der Waals surface area contributed by atoms with Crippen molar-refractivity contribution in [2.75, 3.05) is 0 Å². The monoisotopic (exact) mass is 273 g/mol. The van der Waals surface area contributed by atoms with Crippen LogP contribution in [0.1, 0.15) is 11.3 Å². The Kier molecular flexibility index (Phi) is 4.57. The van der Waals surface area contributed by atoms with Gasteiger partial charge >= 0.3 is 0 Å². The molecule has 0 saturated heterocycles. The zero-order valence-electron chi connectivity index (χ0n) is 11.6. The van der Waals surface area contributed by atoms with Gasteiger partial charge in [-0.25, -0.2) is 0 Å². The highest BCUT2D eigenvalue weighted by atomic mass is 28.3. The molecule has 1 aromatic heterocycles. The highest BCUT2D eigenvalue weighted by Gasteiger charge is 2.05. The van der Waals surface area contributed by atoms with Crippen LogP contribution in [-0.4, -0.2) is 15.3 Å². The standard InChI is InChI=1S/C15H19NO2Si/c1-12-6-7-15(18-19(2)3)14(11-12)16-9-8-13-5-4-10-17-13/h4-7,9-11,19H,8H2,1-3H3. The summed E-state index contributed by atoms with van der Waals surface area (Å²) in [6, 6.07) is 9.93. The van der Waals surface area contributed by atoms with Crippen molar-refractivity contribution in [2.24, 2.45) is 4.99 Å². The van der Waals surface area contributed by atoms with E-state index in [1.54, 1.807) is 6.26 Å². The summed E-state index contributed by atoms with van der Waals surface area (Å²) in [7, 11) is -1.12. The second kappa shape index (κ2) is 6.38. The lowest BCUT2D eigenvalue weighted by atomic mass is 10.2. The molecule has 100 valence electrons. The van der Waals surface area contributed by atoms with Gasteiger partial charge in [-0.1, -0.05) is 6.07 Å². The van der Waals surface area contributed by atoms with Crippen LogP contribution in [0, 0.1) is 6.92 Å². The van der Waals surface area contributed by atoms with Crippen molar-refractivity contribution >= 4 is 20.9 Å². The molecule has 1 aromatic carbocycles. The fraction of sp³-hybridized carbons (Fsp3) is 0.267. The molecule has 0 aliphatic heterocycles. The molecule has 0 aliphatic rings. The summed E-state index contributed by atoms with van der Waals surface area (Å²) in [6.07, 6.45) is 4.23. The van der Waals surface area contributed by atoms with Gasteiger partial charge in [-0.2, -0.15) is 0 Å². The van der Waals surface area contributed by atoms with E-state index in [4.69, 9.17) is 8.84 Å². The molecule has 0 spiro atoms. The molecule has 1 heterocycles. The third kappa shape index (κ3) is 4.10. The maximum atomic E-state index is 5.89. The molecule has 2 rings (SSSR count). The van der Waals surface area contributed by atoms with Gasteiger partial charge in [0.25, 0.3) is 0 Å². The molecule has 0 radical (unpaired) electrons. The van der Waals surface area contributed by atoms with Gasteiger partial charge in [-0.15, -0.1) is 0 Å². The van der Waals surface area contributed by atoms with Crippen molar-refractivity contribution in [2.45, 2.75) is 26.4 Å². The molecule has 4 heteroatoms. The number of hydrogen-bond donors (Lipinski definition) is 0. The quantitative estimate of drug-likeness (QED) is 0.612. The third-order valence-electron chi connectivity index (χ3n) is 2.58. The zero-order valence-corrected chi connectivity index (χ0v) is 12.7. The van der Waals surface area contributed by atoms with Crippen molar-refractivity contribution in [3.63, 3.8) is 0 Å². The third-order valence-corrected chi connectivity index (χ3v) is 3.31. The maximum absolute atomic E-state index is 5.89. The maximum Gasteiger partial charge on any atom is 0.229 e. The Bertz CT molecular complexity index is 547. The average Bonchev–Trinajstić information content (AvgIpc) is 2.85. The lowest BCUT2D eigenvalue weighted by molar-refractivity contribution is 0.527. The van der Waals surface area contributed by atoms with Gasteiger partial charge in [0.2, 0.25) is 9.04 Å². The fourth-order valence-corrected chi connectivity index (χ4v) is 2.45. The molecule has 0 aliphatic carbocycles. The van der Waals surface area contributed by atoms with Gasteiger partial charge in [0, 0.05) is 12.6 Å². The summed E-state index contributed by atoms with van der Waals surface area (Å²) in [4.78, 5) is 4.51. The highest BCUT2D eigenvalue weighted by molar-refractivity contribution is 6.49. The number of rotatable bonds is 5. The largest absolute Gasteiger partial charge is 0.546 e. The summed E-state index contributed by atoms with van der Waals surface area (Å²) in [5, 5.41) is 0. The Hall–Kier alpha value is -1.81. The van der Waals surface area contributed by atoms with Crippen molar-refractivity contribution in [3.8, 4) is 5.75 Å². The Morgan fingerprint density at radius 2 is 2.16 bits per heavy atom. The second-order valence-electron chi connectivity index (χ2n) is 4.73. The van der Waals surface area contributed by atoms with E-state index in [0.717, 1.165) is 17.2 Å². The van der Waals surface area contributed by atoms with E-state index in [1.807, 2.05) is 30.5 Å². The van der Waals surface area contributed by atoms with Gasteiger partial charge in [-0.05, 0) is 49.8 Å². The molecule has 0 amide bonds. The second-order valence-corrected chi connectivity index (χ2v) is 7.07. The Labute approximate surface area is 115 Å². The van der Waals surface area contributed by atoms with Crippen LogP contribution in [0.15, 0.2) is 46.0 Å². The van der Waals surface area contributed by atoms with Crippen LogP contribution in [0.2, 0.25) is 13.1 Å². The summed E-state index contributed by atoms with van der Waals surface area (Å²) in [5.41, 5.74) is 2.08. The van der Waals surface area contributed by atoms with Gasteiger partial charge in [0.15, 0.2) is 0 Å². The Morgan fingerprint density at radius 1 is 1.32 bits per heavy atom. The van der Waals surface area contributed by atoms with E-state index in [0.29, 0.717) is 6.42 Å². The predicted molar refractivity (Wildman–Crippen MR) is 81.2 cm³/mol. The summed E-state index contributed by atoms with van der Waals surface area (Å²) < 4.78 is 11.2. The summed E-state index contributed by atoms with van der Waals surface area (Å²) in [6.45, 7) is 6.36. The van der Waals surface area contributed by atoms with E-state index < -0.39 is 9.04 Å². The van der Waals surface area contributed by atoms with Crippen LogP contribution in [0.5, 0.6) is 5.75 Å². The van der Waals surface area contributed by atoms with Gasteiger partial charge in [0.05, 0.1) is 6.26 Å². The van der Waals surface area contributed by atoms with Crippen molar-refractivity contribution in [1.82, 2.24) is 0 Å². The van der Waals surface area contributed by atoms with Crippen LogP contribution < -0.4 is 4.43 Å². The molecule has 0 atom stereocenters. The molecule has 0 unspecified atom stereocenters. The Morgan fingerprint density at radius 3 is 2.84 bits per heavy atom. The summed E-state index contributed by atoms with van der Waals surface area (Å²) >= 11 is 0. The van der Waals surface area contributed by atoms with Crippen LogP contribution in [0.4, 0.5) is 5.69 Å². The van der Waals surface area contributed by atoms with Crippen molar-refractivity contribution < 1.29 is 8.84 Å². The minimum absolute atomic E-state index is 0.694. The molecule has 0 N–H and O–H groups in total. The molecule has 0 bridgehead atoms. The SMILES string of the molecule is Cc1ccc(O[SiH](C)C)c(N=CCc2ccco2)c1. The zero-order chi connectivity index (χ0) is 13.7. The lowest BCUT2D eigenvalue weighted by Crippen LogP contribution is -2.11. The highest BCUT2D eigenvalue weighted by Crippen LogP contribution is 2.28. The fourth-order valence-electron chi connectivity index (χ4n) is 1.74. The van der Waals surface area contributed by atoms with E-state index in [-0.39, 0.29) is 0 Å². The first kappa shape index (κ1) is 13.6. The molecule has 2 aromatic rings. The summed E-state index contributed by atoms with van der Waals surface area (Å²) in [5.74, 6) is 1.79. The number of aliphatic imine (C=N–C) groups is 1. The normalized spacial score (nSPS) is 11.4. The van der Waals surface area contributed by atoms with Gasteiger partial charge in [0.1, 0.15) is 17.2 Å². The minimum atomic E-state index is -1.12. The average molecular weight is 273 g/mol. The first-order chi connectivity index (χ1) is 9.15. The molecule has 19 heavy (non-hydrogen) atoms. The lowest BCUT2D eigenvalue weighted by Gasteiger charge is -2.12. The van der Waals surface area contributed by atoms with E-state index >= 15 is 0 Å². The molecular formula is C15H19NO2Si. The number of aryl methyl sites for hydroxylation is 1. The van der Waals surface area contributed by atoms with Gasteiger partial charge < -0.3 is 8.84 Å². The van der Waals surface area contributed by atoms with Crippen LogP contribution in [0.25, 0.3) is 0 Å². The van der Waals surface area contributed by atoms with E-state index in [2.05, 4.69) is 31.1 Å². The minimum Gasteiger partial charge on any atom is -0.546 e. The first-order valence-electron chi connectivity index (χ1n) is 6.47. The van der Waals surface area contributed by atoms with E-state index in [1.165, 1.54) is 5.56 Å². The number of benzene rings is 1. The first-order valence-corrected chi connectivity index (χ1v) is 9.25. The van der Waals surface area contributed by atoms with Crippen LogP contribution in [0.3, 0.4) is 0 Å². The van der Waals surface area contributed by atoms with E-state index in [9.17, 15) is 0 Å². The van der Waals surface area contributed by atoms with Crippen LogP contribution >= 0.6 is 0 Å². The van der Waals surface area contributed by atoms with Crippen LogP contribution in [-0.2, 0) is 6.42 Å². The molecular weight excluding hydrogens is 254 g/mol. The molecule has 0 saturated carbocycles.